The van der Waals surface area contributed by atoms with Crippen LogP contribution in [0.25, 0.3) is 0 Å². The summed E-state index contributed by atoms with van der Waals surface area (Å²) in [5.74, 6) is -0.753. The van der Waals surface area contributed by atoms with E-state index in [1.54, 1.807) is 46.6 Å². The van der Waals surface area contributed by atoms with E-state index in [2.05, 4.69) is 0 Å². The smallest absolute Gasteiger partial charge is 0.339 e. The number of ether oxygens (including phenoxy) is 1. The quantitative estimate of drug-likeness (QED) is 0.656. The molecular weight excluding hydrogens is 424 g/mol. The van der Waals surface area contributed by atoms with Crippen LogP contribution in [0, 0.1) is 0 Å². The monoisotopic (exact) mass is 448 g/mol. The Hall–Kier alpha value is -2.23. The van der Waals surface area contributed by atoms with Gasteiger partial charge in [0, 0.05) is 36.4 Å². The highest BCUT2D eigenvalue weighted by Crippen LogP contribution is 2.30. The summed E-state index contributed by atoms with van der Waals surface area (Å²) in [6.45, 7) is 0.658. The van der Waals surface area contributed by atoms with Crippen molar-refractivity contribution in [2.45, 2.75) is 30.6 Å². The van der Waals surface area contributed by atoms with Crippen LogP contribution in [0.4, 0.5) is 0 Å². The molecule has 9 heteroatoms. The van der Waals surface area contributed by atoms with Gasteiger partial charge < -0.3 is 9.64 Å². The van der Waals surface area contributed by atoms with Crippen molar-refractivity contribution in [1.29, 1.82) is 0 Å². The van der Waals surface area contributed by atoms with Gasteiger partial charge in [0.15, 0.2) is 6.61 Å². The van der Waals surface area contributed by atoms with Crippen molar-refractivity contribution >= 4 is 33.2 Å². The normalized spacial score (nSPS) is 17.4. The Morgan fingerprint density at radius 2 is 1.70 bits per heavy atom. The van der Waals surface area contributed by atoms with E-state index in [-0.39, 0.29) is 43.6 Å². The molecule has 1 aromatic carbocycles. The summed E-state index contributed by atoms with van der Waals surface area (Å²) in [5.41, 5.74) is 1.66. The van der Waals surface area contributed by atoms with Crippen LogP contribution in [0.1, 0.15) is 33.6 Å². The molecule has 1 aliphatic heterocycles. The van der Waals surface area contributed by atoms with Gasteiger partial charge in [0.2, 0.25) is 10.0 Å². The van der Waals surface area contributed by atoms with E-state index in [9.17, 15) is 18.0 Å². The number of rotatable bonds is 5. The standard InChI is InChI=1S/C21H24N2O5S2/c24-20(14-28-21(25)18-15-29-19-9-5-4-8-17(18)19)22-10-12-23(13-11-22)30(26,27)16-6-2-1-3-7-16/h1-3,6-7,15H,4-5,8-14H2. The predicted octanol–water partition coefficient (Wildman–Crippen LogP) is 2.32. The number of piperazine rings is 1. The van der Waals surface area contributed by atoms with Crippen molar-refractivity contribution < 1.29 is 22.7 Å². The number of nitrogens with zero attached hydrogens (tertiary/aromatic N) is 2. The molecule has 0 saturated carbocycles. The van der Waals surface area contributed by atoms with Crippen LogP contribution in [0.2, 0.25) is 0 Å². The van der Waals surface area contributed by atoms with Crippen LogP contribution in [0.15, 0.2) is 40.6 Å². The summed E-state index contributed by atoms with van der Waals surface area (Å²) in [6, 6.07) is 8.27. The van der Waals surface area contributed by atoms with Gasteiger partial charge in [-0.1, -0.05) is 18.2 Å². The minimum atomic E-state index is -3.56. The molecule has 0 radical (unpaired) electrons. The molecule has 2 heterocycles. The first-order chi connectivity index (χ1) is 14.5. The first-order valence-corrected chi connectivity index (χ1v) is 12.4. The molecule has 30 heavy (non-hydrogen) atoms. The lowest BCUT2D eigenvalue weighted by Gasteiger charge is -2.33. The second-order valence-electron chi connectivity index (χ2n) is 7.43. The van der Waals surface area contributed by atoms with Gasteiger partial charge in [0.1, 0.15) is 0 Å². The molecule has 0 N–H and O–H groups in total. The molecule has 7 nitrogen and oxygen atoms in total. The Labute approximate surface area is 180 Å². The SMILES string of the molecule is O=C(OCC(=O)N1CCN(S(=O)(=O)c2ccccc2)CC1)c1csc2c1CCCC2. The van der Waals surface area contributed by atoms with Gasteiger partial charge >= 0.3 is 5.97 Å². The highest BCUT2D eigenvalue weighted by atomic mass is 32.2. The fourth-order valence-corrected chi connectivity index (χ4v) is 6.44. The molecule has 1 amide bonds. The average Bonchev–Trinajstić information content (AvgIpc) is 3.22. The summed E-state index contributed by atoms with van der Waals surface area (Å²) in [4.78, 5) is 27.9. The zero-order valence-corrected chi connectivity index (χ0v) is 18.2. The molecule has 160 valence electrons. The molecule has 1 aliphatic carbocycles. The average molecular weight is 449 g/mol. The molecule has 0 spiro atoms. The lowest BCUT2D eigenvalue weighted by atomic mass is 9.96. The summed E-state index contributed by atoms with van der Waals surface area (Å²) < 4.78 is 32.0. The molecular formula is C21H24N2O5S2. The van der Waals surface area contributed by atoms with Crippen LogP contribution >= 0.6 is 11.3 Å². The van der Waals surface area contributed by atoms with Crippen molar-refractivity contribution in [3.8, 4) is 0 Å². The number of sulfonamides is 1. The van der Waals surface area contributed by atoms with Crippen molar-refractivity contribution in [1.82, 2.24) is 9.21 Å². The molecule has 1 aromatic heterocycles. The zero-order valence-electron chi connectivity index (χ0n) is 16.6. The number of carbonyl (C=O) groups excluding carboxylic acids is 2. The Morgan fingerprint density at radius 3 is 2.43 bits per heavy atom. The number of fused-ring (bicyclic) bond motifs is 1. The minimum absolute atomic E-state index is 0.217. The van der Waals surface area contributed by atoms with Gasteiger partial charge in [-0.2, -0.15) is 4.31 Å². The minimum Gasteiger partial charge on any atom is -0.452 e. The third-order valence-electron chi connectivity index (χ3n) is 5.58. The lowest BCUT2D eigenvalue weighted by molar-refractivity contribution is -0.135. The Balaban J connectivity index is 1.30. The van der Waals surface area contributed by atoms with Gasteiger partial charge in [-0.05, 0) is 43.4 Å². The maximum Gasteiger partial charge on any atom is 0.339 e. The van der Waals surface area contributed by atoms with Crippen LogP contribution in [0.3, 0.4) is 0 Å². The maximum atomic E-state index is 12.7. The number of esters is 1. The summed E-state index contributed by atoms with van der Waals surface area (Å²) in [6.07, 6.45) is 4.10. The van der Waals surface area contributed by atoms with Crippen LogP contribution in [-0.4, -0.2) is 62.3 Å². The second kappa shape index (κ2) is 8.87. The Bertz CT molecular complexity index is 1020. The van der Waals surface area contributed by atoms with E-state index in [0.29, 0.717) is 5.56 Å². The van der Waals surface area contributed by atoms with E-state index in [1.165, 1.54) is 9.18 Å². The van der Waals surface area contributed by atoms with Gasteiger partial charge in [0.25, 0.3) is 5.91 Å². The molecule has 0 unspecified atom stereocenters. The van der Waals surface area contributed by atoms with Gasteiger partial charge in [0.05, 0.1) is 10.5 Å². The molecule has 0 atom stereocenters. The third kappa shape index (κ3) is 4.28. The number of aryl methyl sites for hydroxylation is 1. The fourth-order valence-electron chi connectivity index (χ4n) is 3.88. The zero-order chi connectivity index (χ0) is 21.1. The number of hydrogen-bond donors (Lipinski definition) is 0. The van der Waals surface area contributed by atoms with Gasteiger partial charge in [-0.15, -0.1) is 11.3 Å². The lowest BCUT2D eigenvalue weighted by Crippen LogP contribution is -2.51. The first-order valence-electron chi connectivity index (χ1n) is 10.1. The number of carbonyl (C=O) groups is 2. The number of benzene rings is 1. The largest absolute Gasteiger partial charge is 0.452 e. The topological polar surface area (TPSA) is 84.0 Å². The van der Waals surface area contributed by atoms with Gasteiger partial charge in [-0.25, -0.2) is 13.2 Å². The molecule has 1 fully saturated rings. The van der Waals surface area contributed by atoms with Crippen LogP contribution < -0.4 is 0 Å². The number of thiophene rings is 1. The van der Waals surface area contributed by atoms with E-state index in [0.717, 1.165) is 31.2 Å². The molecule has 2 aliphatic rings. The third-order valence-corrected chi connectivity index (χ3v) is 8.58. The number of hydrogen-bond acceptors (Lipinski definition) is 6. The maximum absolute atomic E-state index is 12.7. The molecule has 1 saturated heterocycles. The summed E-state index contributed by atoms with van der Waals surface area (Å²) in [7, 11) is -3.56. The highest BCUT2D eigenvalue weighted by molar-refractivity contribution is 7.89. The van der Waals surface area contributed by atoms with E-state index >= 15 is 0 Å². The summed E-state index contributed by atoms with van der Waals surface area (Å²) >= 11 is 1.58. The van der Waals surface area contributed by atoms with E-state index in [1.807, 2.05) is 5.38 Å². The molecule has 2 aromatic rings. The summed E-state index contributed by atoms with van der Waals surface area (Å²) in [5, 5.41) is 1.83. The Morgan fingerprint density at radius 1 is 1.00 bits per heavy atom. The Kier molecular flexibility index (Phi) is 6.21. The van der Waals surface area contributed by atoms with Crippen molar-refractivity contribution in [2.24, 2.45) is 0 Å². The molecule has 4 rings (SSSR count). The predicted molar refractivity (Wildman–Crippen MR) is 113 cm³/mol. The molecule has 0 bridgehead atoms. The van der Waals surface area contributed by atoms with Gasteiger partial charge in [-0.3, -0.25) is 4.79 Å². The second-order valence-corrected chi connectivity index (χ2v) is 10.3. The van der Waals surface area contributed by atoms with Crippen molar-refractivity contribution in [3.63, 3.8) is 0 Å². The van der Waals surface area contributed by atoms with Crippen LogP contribution in [-0.2, 0) is 32.4 Å². The number of amides is 1. The van der Waals surface area contributed by atoms with E-state index in [4.69, 9.17) is 4.74 Å². The van der Waals surface area contributed by atoms with Crippen molar-refractivity contribution in [3.05, 3.63) is 51.7 Å². The first kappa shape index (κ1) is 21.0. The van der Waals surface area contributed by atoms with E-state index < -0.39 is 16.0 Å². The fraction of sp³-hybridized carbons (Fsp3) is 0.429. The van der Waals surface area contributed by atoms with Crippen LogP contribution in [0.5, 0.6) is 0 Å². The highest BCUT2D eigenvalue weighted by Gasteiger charge is 2.30. The van der Waals surface area contributed by atoms with Crippen molar-refractivity contribution in [2.75, 3.05) is 32.8 Å².